The molecule has 1 saturated heterocycles. The number of halogens is 3. The number of hydrogen-bond acceptors (Lipinski definition) is 4. The van der Waals surface area contributed by atoms with E-state index in [4.69, 9.17) is 0 Å². The Morgan fingerprint density at radius 1 is 1.12 bits per heavy atom. The number of methoxy groups -OCH3 is 1. The lowest BCUT2D eigenvalue weighted by Crippen LogP contribution is -2.54. The van der Waals surface area contributed by atoms with Crippen LogP contribution in [0.3, 0.4) is 0 Å². The first-order valence-corrected chi connectivity index (χ1v) is 10.5. The van der Waals surface area contributed by atoms with E-state index in [0.717, 1.165) is 11.1 Å². The average molecular weight is 448 g/mol. The van der Waals surface area contributed by atoms with Gasteiger partial charge >= 0.3 is 5.97 Å². The highest BCUT2D eigenvalue weighted by molar-refractivity contribution is 5.89. The van der Waals surface area contributed by atoms with Gasteiger partial charge in [-0.25, -0.2) is 18.0 Å². The minimum atomic E-state index is -2.91. The summed E-state index contributed by atoms with van der Waals surface area (Å²) in [5, 5.41) is 2.82. The number of benzene rings is 2. The van der Waals surface area contributed by atoms with Crippen molar-refractivity contribution in [1.82, 2.24) is 10.2 Å². The first-order valence-electron chi connectivity index (χ1n) is 10.5. The Hall–Kier alpha value is -2.87. The van der Waals surface area contributed by atoms with Crippen LogP contribution in [0, 0.1) is 0 Å². The summed E-state index contributed by atoms with van der Waals surface area (Å²) < 4.78 is 45.7. The quantitative estimate of drug-likeness (QED) is 0.637. The largest absolute Gasteiger partial charge is 0.465 e. The molecule has 0 bridgehead atoms. The molecule has 172 valence electrons. The minimum absolute atomic E-state index is 0.0815. The van der Waals surface area contributed by atoms with Crippen LogP contribution < -0.4 is 5.32 Å². The number of hydrogen-bond donors (Lipinski definition) is 1. The number of piperidine rings is 1. The van der Waals surface area contributed by atoms with Crippen molar-refractivity contribution in [2.24, 2.45) is 0 Å². The number of carbonyl (C=O) groups excluding carboxylic acids is 2. The van der Waals surface area contributed by atoms with Crippen LogP contribution in [0.15, 0.2) is 48.5 Å². The summed E-state index contributed by atoms with van der Waals surface area (Å²) in [5.74, 6) is -3.86. The number of carbonyl (C=O) groups is 2. The third-order valence-corrected chi connectivity index (χ3v) is 5.75. The van der Waals surface area contributed by atoms with Gasteiger partial charge in [0.2, 0.25) is 5.91 Å². The van der Waals surface area contributed by atoms with E-state index in [-0.39, 0.29) is 13.0 Å². The molecule has 0 spiro atoms. The van der Waals surface area contributed by atoms with Crippen LogP contribution in [0.2, 0.25) is 0 Å². The van der Waals surface area contributed by atoms with Crippen LogP contribution in [0.5, 0.6) is 0 Å². The number of amides is 1. The fourth-order valence-corrected chi connectivity index (χ4v) is 3.81. The predicted octanol–water partition coefficient (Wildman–Crippen LogP) is 4.42. The number of nitrogens with zero attached hydrogens (tertiary/aromatic N) is 1. The second-order valence-corrected chi connectivity index (χ2v) is 8.09. The molecule has 0 saturated carbocycles. The standard InChI is InChI=1S/C24H27F3N2O3/c1-16(19-7-9-20(10-8-19)23(31)32-2)28-22(30)21-13-24(26,27)11-12-29(21)15-18-5-3-17(14-25)4-6-18/h3-10,16,21H,11-15H2,1-2H3,(H,28,30)/t16-,21+/m0/s1. The molecule has 2 aromatic carbocycles. The van der Waals surface area contributed by atoms with Crippen molar-refractivity contribution in [3.05, 3.63) is 70.8 Å². The van der Waals surface area contributed by atoms with Crippen molar-refractivity contribution >= 4 is 11.9 Å². The van der Waals surface area contributed by atoms with Crippen molar-refractivity contribution in [3.8, 4) is 0 Å². The first-order chi connectivity index (χ1) is 15.2. The van der Waals surface area contributed by atoms with E-state index in [9.17, 15) is 22.8 Å². The fourth-order valence-electron chi connectivity index (χ4n) is 3.81. The molecule has 1 aliphatic heterocycles. The van der Waals surface area contributed by atoms with E-state index in [0.29, 0.717) is 17.7 Å². The zero-order chi connectivity index (χ0) is 23.3. The number of esters is 1. The highest BCUT2D eigenvalue weighted by atomic mass is 19.3. The molecule has 1 N–H and O–H groups in total. The van der Waals surface area contributed by atoms with Gasteiger partial charge in [0, 0.05) is 25.9 Å². The monoisotopic (exact) mass is 448 g/mol. The molecular formula is C24H27F3N2O3. The maximum Gasteiger partial charge on any atom is 0.337 e. The summed E-state index contributed by atoms with van der Waals surface area (Å²) in [6.07, 6.45) is -0.876. The summed E-state index contributed by atoms with van der Waals surface area (Å²) in [7, 11) is 1.29. The molecule has 2 aromatic rings. The summed E-state index contributed by atoms with van der Waals surface area (Å²) in [4.78, 5) is 26.3. The lowest BCUT2D eigenvalue weighted by Gasteiger charge is -2.38. The van der Waals surface area contributed by atoms with Gasteiger partial charge in [-0.15, -0.1) is 0 Å². The van der Waals surface area contributed by atoms with Gasteiger partial charge in [0.15, 0.2) is 0 Å². The highest BCUT2D eigenvalue weighted by Crippen LogP contribution is 2.33. The van der Waals surface area contributed by atoms with E-state index in [2.05, 4.69) is 10.1 Å². The maximum atomic E-state index is 14.1. The Labute approximate surface area is 185 Å². The zero-order valence-electron chi connectivity index (χ0n) is 18.1. The van der Waals surface area contributed by atoms with Gasteiger partial charge < -0.3 is 10.1 Å². The van der Waals surface area contributed by atoms with E-state index in [1.165, 1.54) is 7.11 Å². The third-order valence-electron chi connectivity index (χ3n) is 5.75. The molecule has 32 heavy (non-hydrogen) atoms. The summed E-state index contributed by atoms with van der Waals surface area (Å²) in [5.41, 5.74) is 2.49. The van der Waals surface area contributed by atoms with Gasteiger partial charge in [-0.2, -0.15) is 0 Å². The summed E-state index contributed by atoms with van der Waals surface area (Å²) >= 11 is 0. The molecule has 0 aliphatic carbocycles. The van der Waals surface area contributed by atoms with Crippen LogP contribution >= 0.6 is 0 Å². The Kier molecular flexibility index (Phi) is 7.56. The second-order valence-electron chi connectivity index (χ2n) is 8.09. The second kappa shape index (κ2) is 10.2. The molecule has 0 radical (unpaired) electrons. The summed E-state index contributed by atoms with van der Waals surface area (Å²) in [6.45, 7) is 1.59. The van der Waals surface area contributed by atoms with Gasteiger partial charge in [0.05, 0.1) is 24.8 Å². The van der Waals surface area contributed by atoms with Crippen molar-refractivity contribution in [2.45, 2.75) is 51.0 Å². The van der Waals surface area contributed by atoms with Gasteiger partial charge in [-0.3, -0.25) is 9.69 Å². The van der Waals surface area contributed by atoms with Crippen molar-refractivity contribution in [2.75, 3.05) is 13.7 Å². The molecule has 0 unspecified atom stereocenters. The van der Waals surface area contributed by atoms with Crippen LogP contribution in [-0.4, -0.2) is 42.4 Å². The number of nitrogens with one attached hydrogen (secondary N) is 1. The van der Waals surface area contributed by atoms with Gasteiger partial charge in [-0.1, -0.05) is 36.4 Å². The third kappa shape index (κ3) is 5.88. The maximum absolute atomic E-state index is 14.1. The molecule has 1 heterocycles. The summed E-state index contributed by atoms with van der Waals surface area (Å²) in [6, 6.07) is 12.0. The lowest BCUT2D eigenvalue weighted by molar-refractivity contribution is -0.138. The van der Waals surface area contributed by atoms with Crippen LogP contribution in [-0.2, 0) is 22.8 Å². The molecule has 3 rings (SSSR count). The molecule has 1 aliphatic rings. The predicted molar refractivity (Wildman–Crippen MR) is 114 cm³/mol. The smallest absolute Gasteiger partial charge is 0.337 e. The van der Waals surface area contributed by atoms with Gasteiger partial charge in [-0.05, 0) is 35.7 Å². The first kappa shape index (κ1) is 23.8. The van der Waals surface area contributed by atoms with Gasteiger partial charge in [0.25, 0.3) is 5.92 Å². The van der Waals surface area contributed by atoms with Crippen LogP contribution in [0.1, 0.15) is 52.9 Å². The molecular weight excluding hydrogens is 421 g/mol. The normalized spacial score (nSPS) is 19.2. The minimum Gasteiger partial charge on any atom is -0.465 e. The molecule has 0 aromatic heterocycles. The molecule has 2 atom stereocenters. The number of rotatable bonds is 7. The Morgan fingerprint density at radius 3 is 2.34 bits per heavy atom. The SMILES string of the molecule is COC(=O)c1ccc([C@H](C)NC(=O)[C@H]2CC(F)(F)CCN2Cc2ccc(CF)cc2)cc1. The van der Waals surface area contributed by atoms with E-state index < -0.39 is 43.0 Å². The molecule has 8 heteroatoms. The lowest BCUT2D eigenvalue weighted by atomic mass is 9.96. The van der Waals surface area contributed by atoms with E-state index in [1.807, 2.05) is 0 Å². The number of alkyl halides is 3. The van der Waals surface area contributed by atoms with E-state index in [1.54, 1.807) is 60.4 Å². The van der Waals surface area contributed by atoms with Crippen LogP contribution in [0.25, 0.3) is 0 Å². The van der Waals surface area contributed by atoms with Crippen molar-refractivity contribution in [1.29, 1.82) is 0 Å². The average Bonchev–Trinajstić information content (AvgIpc) is 2.80. The van der Waals surface area contributed by atoms with Crippen molar-refractivity contribution in [3.63, 3.8) is 0 Å². The number of likely N-dealkylation sites (tertiary alicyclic amines) is 1. The number of ether oxygens (including phenoxy) is 1. The molecule has 5 nitrogen and oxygen atoms in total. The van der Waals surface area contributed by atoms with Crippen LogP contribution in [0.4, 0.5) is 13.2 Å². The highest BCUT2D eigenvalue weighted by Gasteiger charge is 2.43. The van der Waals surface area contributed by atoms with E-state index >= 15 is 0 Å². The van der Waals surface area contributed by atoms with Gasteiger partial charge in [0.1, 0.15) is 6.67 Å². The Balaban J connectivity index is 1.70. The topological polar surface area (TPSA) is 58.6 Å². The Bertz CT molecular complexity index is 933. The van der Waals surface area contributed by atoms with Crippen molar-refractivity contribution < 1.29 is 27.5 Å². The zero-order valence-corrected chi connectivity index (χ0v) is 18.1. The molecule has 1 fully saturated rings. The Morgan fingerprint density at radius 2 is 1.75 bits per heavy atom. The fraction of sp³-hybridized carbons (Fsp3) is 0.417. The molecule has 1 amide bonds.